The number of carboxylic acid groups (broad SMARTS) is 1. The van der Waals surface area contributed by atoms with Crippen molar-refractivity contribution in [3.63, 3.8) is 0 Å². The predicted octanol–water partition coefficient (Wildman–Crippen LogP) is 2.45. The molecule has 0 fully saturated rings. The first-order valence-corrected chi connectivity index (χ1v) is 6.67. The molecule has 1 aromatic carbocycles. The Morgan fingerprint density at radius 2 is 2.22 bits per heavy atom. The highest BCUT2D eigenvalue weighted by Gasteiger charge is 2.03. The van der Waals surface area contributed by atoms with Crippen LogP contribution in [0.25, 0.3) is 0 Å². The topological polar surface area (TPSA) is 58.6 Å². The van der Waals surface area contributed by atoms with E-state index < -0.39 is 5.97 Å². The Labute approximate surface area is 115 Å². The fourth-order valence-electron chi connectivity index (χ4n) is 1.66. The van der Waals surface area contributed by atoms with Gasteiger partial charge in [-0.05, 0) is 49.7 Å². The number of carboxylic acids is 1. The van der Waals surface area contributed by atoms with Crippen molar-refractivity contribution in [2.75, 3.05) is 20.2 Å². The maximum Gasteiger partial charge on any atom is 0.303 e. The lowest BCUT2D eigenvalue weighted by atomic mass is 10.1. The zero-order valence-electron chi connectivity index (χ0n) is 10.4. The Kier molecular flexibility index (Phi) is 6.75. The third kappa shape index (κ3) is 5.51. The highest BCUT2D eigenvalue weighted by molar-refractivity contribution is 9.10. The first-order valence-electron chi connectivity index (χ1n) is 5.88. The van der Waals surface area contributed by atoms with E-state index in [0.717, 1.165) is 35.3 Å². The fourth-order valence-corrected chi connectivity index (χ4v) is 2.06. The number of ether oxygens (including phenoxy) is 1. The van der Waals surface area contributed by atoms with Crippen LogP contribution in [0.5, 0.6) is 5.75 Å². The molecule has 5 heteroatoms. The van der Waals surface area contributed by atoms with E-state index in [1.165, 1.54) is 0 Å². The lowest BCUT2D eigenvalue weighted by molar-refractivity contribution is -0.137. The minimum absolute atomic E-state index is 0.215. The first-order chi connectivity index (χ1) is 8.63. The quantitative estimate of drug-likeness (QED) is 0.723. The summed E-state index contributed by atoms with van der Waals surface area (Å²) in [4.78, 5) is 10.3. The molecule has 0 spiro atoms. The molecule has 0 saturated carbocycles. The molecule has 0 unspecified atom stereocenters. The van der Waals surface area contributed by atoms with E-state index in [0.29, 0.717) is 6.42 Å². The molecule has 0 aliphatic heterocycles. The summed E-state index contributed by atoms with van der Waals surface area (Å²) in [6, 6.07) is 5.92. The van der Waals surface area contributed by atoms with Gasteiger partial charge in [-0.25, -0.2) is 0 Å². The molecule has 0 aliphatic carbocycles. The molecule has 100 valence electrons. The molecular formula is C13H18BrNO3. The minimum atomic E-state index is -0.745. The van der Waals surface area contributed by atoms with Gasteiger partial charge in [-0.1, -0.05) is 15.9 Å². The molecular weight excluding hydrogens is 298 g/mol. The minimum Gasteiger partial charge on any atom is -0.496 e. The van der Waals surface area contributed by atoms with Gasteiger partial charge < -0.3 is 15.2 Å². The average molecular weight is 316 g/mol. The van der Waals surface area contributed by atoms with Crippen molar-refractivity contribution in [2.24, 2.45) is 0 Å². The van der Waals surface area contributed by atoms with Crippen LogP contribution < -0.4 is 10.1 Å². The second kappa shape index (κ2) is 8.11. The highest BCUT2D eigenvalue weighted by atomic mass is 79.9. The Hall–Kier alpha value is -1.07. The van der Waals surface area contributed by atoms with Crippen molar-refractivity contribution in [1.82, 2.24) is 5.32 Å². The molecule has 0 aromatic heterocycles. The van der Waals surface area contributed by atoms with E-state index >= 15 is 0 Å². The summed E-state index contributed by atoms with van der Waals surface area (Å²) in [5.74, 6) is 0.135. The van der Waals surface area contributed by atoms with E-state index in [4.69, 9.17) is 9.84 Å². The number of rotatable bonds is 8. The number of hydrogen-bond donors (Lipinski definition) is 2. The van der Waals surface area contributed by atoms with Gasteiger partial charge in [0.15, 0.2) is 0 Å². The van der Waals surface area contributed by atoms with E-state index in [1.807, 2.05) is 18.2 Å². The Balaban J connectivity index is 2.30. The second-order valence-corrected chi connectivity index (χ2v) is 4.87. The molecule has 4 nitrogen and oxygen atoms in total. The molecule has 18 heavy (non-hydrogen) atoms. The van der Waals surface area contributed by atoms with Crippen LogP contribution in [0.2, 0.25) is 0 Å². The van der Waals surface area contributed by atoms with Crippen LogP contribution in [-0.2, 0) is 11.2 Å². The monoisotopic (exact) mass is 315 g/mol. The van der Waals surface area contributed by atoms with Gasteiger partial charge in [0, 0.05) is 10.9 Å². The summed E-state index contributed by atoms with van der Waals surface area (Å²) >= 11 is 3.43. The summed E-state index contributed by atoms with van der Waals surface area (Å²) in [6.07, 6.45) is 1.73. The van der Waals surface area contributed by atoms with Crippen LogP contribution in [0.15, 0.2) is 22.7 Å². The van der Waals surface area contributed by atoms with E-state index in [1.54, 1.807) is 7.11 Å². The molecule has 0 atom stereocenters. The number of hydrogen-bond acceptors (Lipinski definition) is 3. The normalized spacial score (nSPS) is 10.3. The van der Waals surface area contributed by atoms with Crippen LogP contribution in [0.4, 0.5) is 0 Å². The lowest BCUT2D eigenvalue weighted by Crippen LogP contribution is -2.19. The van der Waals surface area contributed by atoms with Crippen molar-refractivity contribution in [3.8, 4) is 5.75 Å². The summed E-state index contributed by atoms with van der Waals surface area (Å²) in [7, 11) is 1.66. The van der Waals surface area contributed by atoms with Crippen LogP contribution in [0.1, 0.15) is 18.4 Å². The Morgan fingerprint density at radius 3 is 2.89 bits per heavy atom. The van der Waals surface area contributed by atoms with Crippen LogP contribution in [0, 0.1) is 0 Å². The molecule has 0 radical (unpaired) electrons. The lowest BCUT2D eigenvalue weighted by Gasteiger charge is -2.09. The largest absolute Gasteiger partial charge is 0.496 e. The van der Waals surface area contributed by atoms with E-state index in [-0.39, 0.29) is 6.42 Å². The van der Waals surface area contributed by atoms with Gasteiger partial charge in [0.05, 0.1) is 7.11 Å². The number of nitrogens with one attached hydrogen (secondary N) is 1. The van der Waals surface area contributed by atoms with Gasteiger partial charge in [-0.3, -0.25) is 4.79 Å². The van der Waals surface area contributed by atoms with Crippen molar-refractivity contribution >= 4 is 21.9 Å². The molecule has 0 heterocycles. The van der Waals surface area contributed by atoms with E-state index in [2.05, 4.69) is 21.2 Å². The summed E-state index contributed by atoms with van der Waals surface area (Å²) in [6.45, 7) is 1.54. The van der Waals surface area contributed by atoms with Gasteiger partial charge in [-0.15, -0.1) is 0 Å². The van der Waals surface area contributed by atoms with E-state index in [9.17, 15) is 4.79 Å². The van der Waals surface area contributed by atoms with Crippen LogP contribution >= 0.6 is 15.9 Å². The molecule has 0 bridgehead atoms. The van der Waals surface area contributed by atoms with Crippen molar-refractivity contribution in [3.05, 3.63) is 28.2 Å². The summed E-state index contributed by atoms with van der Waals surface area (Å²) < 4.78 is 6.32. The third-order valence-corrected chi connectivity index (χ3v) is 3.05. The van der Waals surface area contributed by atoms with Gasteiger partial charge >= 0.3 is 5.97 Å². The van der Waals surface area contributed by atoms with Gasteiger partial charge in [0.1, 0.15) is 5.75 Å². The number of aliphatic carboxylic acids is 1. The standard InChI is InChI=1S/C13H18BrNO3/c1-18-12-5-4-11(14)9-10(12)6-8-15-7-2-3-13(16)17/h4-5,9,15H,2-3,6-8H2,1H3,(H,16,17). The predicted molar refractivity (Wildman–Crippen MR) is 74.1 cm³/mol. The molecule has 0 saturated heterocycles. The second-order valence-electron chi connectivity index (χ2n) is 3.95. The average Bonchev–Trinajstić information content (AvgIpc) is 2.33. The van der Waals surface area contributed by atoms with Crippen molar-refractivity contribution in [2.45, 2.75) is 19.3 Å². The number of methoxy groups -OCH3 is 1. The molecule has 2 N–H and O–H groups in total. The smallest absolute Gasteiger partial charge is 0.303 e. The van der Waals surface area contributed by atoms with Gasteiger partial charge in [0.2, 0.25) is 0 Å². The number of carbonyl (C=O) groups is 1. The highest BCUT2D eigenvalue weighted by Crippen LogP contribution is 2.23. The Bertz CT molecular complexity index is 396. The summed E-state index contributed by atoms with van der Waals surface area (Å²) in [5.41, 5.74) is 1.14. The molecule has 1 rings (SSSR count). The van der Waals surface area contributed by atoms with Gasteiger partial charge in [-0.2, -0.15) is 0 Å². The Morgan fingerprint density at radius 1 is 1.44 bits per heavy atom. The van der Waals surface area contributed by atoms with Crippen LogP contribution in [-0.4, -0.2) is 31.3 Å². The molecule has 0 aliphatic rings. The zero-order valence-corrected chi connectivity index (χ0v) is 12.0. The third-order valence-electron chi connectivity index (χ3n) is 2.56. The first kappa shape index (κ1) is 15.0. The van der Waals surface area contributed by atoms with Gasteiger partial charge in [0.25, 0.3) is 0 Å². The zero-order chi connectivity index (χ0) is 13.4. The van der Waals surface area contributed by atoms with Crippen molar-refractivity contribution in [1.29, 1.82) is 0 Å². The summed E-state index contributed by atoms with van der Waals surface area (Å²) in [5, 5.41) is 11.7. The maximum absolute atomic E-state index is 10.3. The molecule has 0 amide bonds. The molecule has 1 aromatic rings. The maximum atomic E-state index is 10.3. The number of benzene rings is 1. The fraction of sp³-hybridized carbons (Fsp3) is 0.462. The SMILES string of the molecule is COc1ccc(Br)cc1CCNCCCC(=O)O. The van der Waals surface area contributed by atoms with Crippen LogP contribution in [0.3, 0.4) is 0 Å². The van der Waals surface area contributed by atoms with Crippen molar-refractivity contribution < 1.29 is 14.6 Å². The number of halogens is 1.